The molecular formula is C21H18ClF3N2O3S. The first kappa shape index (κ1) is 22.9. The SMILES string of the molecule is CCOc1ccccc1-c1nc(CC(=O)Nc2cc(Cl)ccc2OCC(F)(F)F)cs1. The number of ether oxygens (including phenoxy) is 2. The van der Waals surface area contributed by atoms with Gasteiger partial charge in [0.1, 0.15) is 16.5 Å². The minimum Gasteiger partial charge on any atom is -0.493 e. The van der Waals surface area contributed by atoms with E-state index in [4.69, 9.17) is 21.1 Å². The summed E-state index contributed by atoms with van der Waals surface area (Å²) < 4.78 is 47.8. The fourth-order valence-corrected chi connectivity index (χ4v) is 3.70. The maximum atomic E-state index is 12.5. The summed E-state index contributed by atoms with van der Waals surface area (Å²) in [5, 5.41) is 5.23. The van der Waals surface area contributed by atoms with Gasteiger partial charge >= 0.3 is 6.18 Å². The average molecular weight is 471 g/mol. The third-order valence-corrected chi connectivity index (χ3v) is 5.08. The van der Waals surface area contributed by atoms with E-state index in [1.54, 1.807) is 5.38 Å². The summed E-state index contributed by atoms with van der Waals surface area (Å²) in [6, 6.07) is 11.4. The lowest BCUT2D eigenvalue weighted by Crippen LogP contribution is -2.21. The van der Waals surface area contributed by atoms with Crippen LogP contribution in [0.25, 0.3) is 10.6 Å². The number of benzene rings is 2. The van der Waals surface area contributed by atoms with E-state index in [1.807, 2.05) is 31.2 Å². The highest BCUT2D eigenvalue weighted by molar-refractivity contribution is 7.13. The van der Waals surface area contributed by atoms with E-state index in [-0.39, 0.29) is 22.9 Å². The van der Waals surface area contributed by atoms with Crippen molar-refractivity contribution in [1.29, 1.82) is 0 Å². The number of nitrogens with zero attached hydrogens (tertiary/aromatic N) is 1. The number of carbonyl (C=O) groups is 1. The summed E-state index contributed by atoms with van der Waals surface area (Å²) >= 11 is 7.28. The Hall–Kier alpha value is -2.78. The molecule has 0 aliphatic heterocycles. The van der Waals surface area contributed by atoms with Gasteiger partial charge in [0.2, 0.25) is 5.91 Å². The van der Waals surface area contributed by atoms with Crippen molar-refractivity contribution in [3.63, 3.8) is 0 Å². The summed E-state index contributed by atoms with van der Waals surface area (Å²) in [6.45, 7) is 0.916. The van der Waals surface area contributed by atoms with E-state index in [1.165, 1.54) is 29.5 Å². The second-order valence-electron chi connectivity index (χ2n) is 6.34. The smallest absolute Gasteiger partial charge is 0.422 e. The molecule has 3 rings (SSSR count). The lowest BCUT2D eigenvalue weighted by atomic mass is 10.2. The fraction of sp³-hybridized carbons (Fsp3) is 0.238. The molecule has 5 nitrogen and oxygen atoms in total. The lowest BCUT2D eigenvalue weighted by Gasteiger charge is -2.14. The first-order valence-electron chi connectivity index (χ1n) is 9.20. The topological polar surface area (TPSA) is 60.5 Å². The van der Waals surface area contributed by atoms with Crippen molar-refractivity contribution < 1.29 is 27.4 Å². The molecule has 1 amide bonds. The Bertz CT molecular complexity index is 1060. The zero-order chi connectivity index (χ0) is 22.4. The number of para-hydroxylation sites is 1. The number of hydrogen-bond donors (Lipinski definition) is 1. The minimum atomic E-state index is -4.50. The Morgan fingerprint density at radius 2 is 1.94 bits per heavy atom. The monoisotopic (exact) mass is 470 g/mol. The fourth-order valence-electron chi connectivity index (χ4n) is 2.68. The molecule has 0 saturated heterocycles. The molecule has 0 aliphatic rings. The summed E-state index contributed by atoms with van der Waals surface area (Å²) in [5.41, 5.74) is 1.39. The first-order chi connectivity index (χ1) is 14.7. The largest absolute Gasteiger partial charge is 0.493 e. The predicted octanol–water partition coefficient (Wildman–Crippen LogP) is 5.98. The van der Waals surface area contributed by atoms with Gasteiger partial charge in [-0.25, -0.2) is 4.98 Å². The Balaban J connectivity index is 1.71. The molecule has 0 fully saturated rings. The molecule has 31 heavy (non-hydrogen) atoms. The van der Waals surface area contributed by atoms with Gasteiger partial charge in [-0.05, 0) is 37.3 Å². The Morgan fingerprint density at radius 3 is 2.68 bits per heavy atom. The number of anilines is 1. The van der Waals surface area contributed by atoms with Gasteiger partial charge in [0.05, 0.1) is 30.0 Å². The van der Waals surface area contributed by atoms with Crippen LogP contribution in [0.15, 0.2) is 47.8 Å². The van der Waals surface area contributed by atoms with Crippen molar-refractivity contribution in [2.75, 3.05) is 18.5 Å². The Kier molecular flexibility index (Phi) is 7.40. The highest BCUT2D eigenvalue weighted by atomic mass is 35.5. The quantitative estimate of drug-likeness (QED) is 0.439. The van der Waals surface area contributed by atoms with Crippen LogP contribution in [0.4, 0.5) is 18.9 Å². The predicted molar refractivity (Wildman–Crippen MR) is 114 cm³/mol. The number of nitrogens with one attached hydrogen (secondary N) is 1. The van der Waals surface area contributed by atoms with Crippen LogP contribution in [0.5, 0.6) is 11.5 Å². The van der Waals surface area contributed by atoms with Crippen LogP contribution >= 0.6 is 22.9 Å². The molecule has 3 aromatic rings. The van der Waals surface area contributed by atoms with E-state index in [0.717, 1.165) is 5.56 Å². The van der Waals surface area contributed by atoms with Crippen LogP contribution in [-0.4, -0.2) is 30.3 Å². The number of carbonyl (C=O) groups excluding carboxylic acids is 1. The number of amides is 1. The van der Waals surface area contributed by atoms with Gasteiger partial charge in [0.25, 0.3) is 0 Å². The molecule has 0 spiro atoms. The van der Waals surface area contributed by atoms with Gasteiger partial charge in [-0.3, -0.25) is 4.79 Å². The lowest BCUT2D eigenvalue weighted by molar-refractivity contribution is -0.153. The van der Waals surface area contributed by atoms with Crippen LogP contribution in [0.2, 0.25) is 5.02 Å². The number of aromatic nitrogens is 1. The zero-order valence-corrected chi connectivity index (χ0v) is 17.9. The highest BCUT2D eigenvalue weighted by Gasteiger charge is 2.29. The van der Waals surface area contributed by atoms with E-state index in [0.29, 0.717) is 23.1 Å². The van der Waals surface area contributed by atoms with Gasteiger partial charge < -0.3 is 14.8 Å². The summed E-state index contributed by atoms with van der Waals surface area (Å²) in [4.78, 5) is 17.0. The number of halogens is 4. The van der Waals surface area contributed by atoms with Crippen molar-refractivity contribution in [3.05, 3.63) is 58.6 Å². The number of alkyl halides is 3. The summed E-state index contributed by atoms with van der Waals surface area (Å²) in [5.74, 6) is 0.106. The van der Waals surface area contributed by atoms with E-state index >= 15 is 0 Å². The molecule has 2 aromatic carbocycles. The molecule has 0 saturated carbocycles. The minimum absolute atomic E-state index is 0.0545. The molecular weight excluding hydrogens is 453 g/mol. The maximum absolute atomic E-state index is 12.5. The third-order valence-electron chi connectivity index (χ3n) is 3.92. The van der Waals surface area contributed by atoms with Gasteiger partial charge in [-0.2, -0.15) is 13.2 Å². The molecule has 0 unspecified atom stereocenters. The molecule has 1 aromatic heterocycles. The van der Waals surface area contributed by atoms with Crippen molar-refractivity contribution in [1.82, 2.24) is 4.98 Å². The molecule has 164 valence electrons. The highest BCUT2D eigenvalue weighted by Crippen LogP contribution is 2.33. The molecule has 0 atom stereocenters. The van der Waals surface area contributed by atoms with Crippen LogP contribution < -0.4 is 14.8 Å². The van der Waals surface area contributed by atoms with E-state index in [2.05, 4.69) is 10.3 Å². The van der Waals surface area contributed by atoms with E-state index in [9.17, 15) is 18.0 Å². The molecule has 0 radical (unpaired) electrons. The number of rotatable bonds is 8. The van der Waals surface area contributed by atoms with Crippen LogP contribution in [0, 0.1) is 0 Å². The summed E-state index contributed by atoms with van der Waals surface area (Å²) in [6.07, 6.45) is -4.58. The van der Waals surface area contributed by atoms with E-state index < -0.39 is 18.7 Å². The maximum Gasteiger partial charge on any atom is 0.422 e. The Morgan fingerprint density at radius 1 is 1.16 bits per heavy atom. The molecule has 0 bridgehead atoms. The summed E-state index contributed by atoms with van der Waals surface area (Å²) in [7, 11) is 0. The van der Waals surface area contributed by atoms with Crippen molar-refractivity contribution in [3.8, 4) is 22.1 Å². The number of hydrogen-bond acceptors (Lipinski definition) is 5. The van der Waals surface area contributed by atoms with Gasteiger partial charge in [0, 0.05) is 10.4 Å². The second kappa shape index (κ2) is 10.0. The first-order valence-corrected chi connectivity index (χ1v) is 10.5. The van der Waals surface area contributed by atoms with Crippen LogP contribution in [0.3, 0.4) is 0 Å². The van der Waals surface area contributed by atoms with Crippen LogP contribution in [-0.2, 0) is 11.2 Å². The molecule has 1 heterocycles. The molecule has 10 heteroatoms. The normalized spacial score (nSPS) is 11.3. The molecule has 1 N–H and O–H groups in total. The Labute approximate surface area is 185 Å². The second-order valence-corrected chi connectivity index (χ2v) is 7.64. The van der Waals surface area contributed by atoms with Crippen molar-refractivity contribution in [2.45, 2.75) is 19.5 Å². The van der Waals surface area contributed by atoms with Gasteiger partial charge in [-0.15, -0.1) is 11.3 Å². The number of thiazole rings is 1. The standard InChI is InChI=1S/C21H18ClF3N2O3S/c1-2-29-17-6-4-3-5-15(17)20-26-14(11-31-20)10-19(28)27-16-9-13(22)7-8-18(16)30-12-21(23,24)25/h3-9,11H,2,10,12H2,1H3,(H,27,28). The van der Waals surface area contributed by atoms with Gasteiger partial charge in [0.15, 0.2) is 6.61 Å². The zero-order valence-electron chi connectivity index (χ0n) is 16.3. The third kappa shape index (κ3) is 6.60. The molecule has 0 aliphatic carbocycles. The van der Waals surface area contributed by atoms with Crippen molar-refractivity contribution in [2.24, 2.45) is 0 Å². The van der Waals surface area contributed by atoms with Crippen LogP contribution in [0.1, 0.15) is 12.6 Å². The van der Waals surface area contributed by atoms with Crippen molar-refractivity contribution >= 4 is 34.5 Å². The average Bonchev–Trinajstić information content (AvgIpc) is 3.15. The van der Waals surface area contributed by atoms with Gasteiger partial charge in [-0.1, -0.05) is 23.7 Å².